The van der Waals surface area contributed by atoms with Gasteiger partial charge < -0.3 is 0 Å². The van der Waals surface area contributed by atoms with E-state index in [1.165, 1.54) is 5.57 Å². The molecule has 2 aromatic carbocycles. The zero-order valence-electron chi connectivity index (χ0n) is 14.4. The van der Waals surface area contributed by atoms with E-state index in [1.807, 2.05) is 30.5 Å². The van der Waals surface area contributed by atoms with Gasteiger partial charge in [-0.2, -0.15) is 0 Å². The minimum absolute atomic E-state index is 0.771. The summed E-state index contributed by atoms with van der Waals surface area (Å²) in [4.78, 5) is 9.00. The largest absolute Gasteiger partial charge is 0.284 e. The number of pyridine rings is 1. The molecule has 0 fully saturated rings. The van der Waals surface area contributed by atoms with Crippen LogP contribution in [0.1, 0.15) is 24.0 Å². The van der Waals surface area contributed by atoms with Crippen LogP contribution in [0.4, 0.5) is 0 Å². The first kappa shape index (κ1) is 16.7. The molecule has 4 rings (SSSR count). The summed E-state index contributed by atoms with van der Waals surface area (Å²) in [6, 6.07) is 20.5. The molecule has 0 saturated carbocycles. The summed E-state index contributed by atoms with van der Waals surface area (Å²) in [6.45, 7) is 0.876. The molecule has 1 aromatic heterocycles. The normalized spacial score (nSPS) is 15.7. The van der Waals surface area contributed by atoms with Crippen molar-refractivity contribution in [2.24, 2.45) is 4.99 Å². The number of nitrogens with zero attached hydrogens (tertiary/aromatic N) is 2. The fourth-order valence-corrected chi connectivity index (χ4v) is 3.54. The quantitative estimate of drug-likeness (QED) is 0.558. The van der Waals surface area contributed by atoms with Crippen LogP contribution < -0.4 is 0 Å². The lowest BCUT2D eigenvalue weighted by Gasteiger charge is -2.16. The van der Waals surface area contributed by atoms with Crippen molar-refractivity contribution in [2.75, 3.05) is 6.54 Å². The SMILES string of the molecule is Clc1ccccc1-c1cccc(/C=C2/CCCN=C2c2cccnc2)c1. The second-order valence-electron chi connectivity index (χ2n) is 6.35. The molecule has 3 heteroatoms. The molecule has 3 aromatic rings. The molecule has 0 amide bonds. The topological polar surface area (TPSA) is 25.2 Å². The molecule has 1 aliphatic heterocycles. The average molecular weight is 359 g/mol. The summed E-state index contributed by atoms with van der Waals surface area (Å²) >= 11 is 6.36. The van der Waals surface area contributed by atoms with Crippen molar-refractivity contribution in [3.8, 4) is 11.1 Å². The standard InChI is InChI=1S/C23H19ClN2/c24-22-11-2-1-10-21(22)18-7-3-6-17(14-18)15-19-8-5-13-26-23(19)20-9-4-12-25-16-20/h1-4,6-7,9-12,14-16H,5,8,13H2/b19-15-. The molecular weight excluding hydrogens is 340 g/mol. The Balaban J connectivity index is 1.72. The zero-order valence-corrected chi connectivity index (χ0v) is 15.2. The van der Waals surface area contributed by atoms with Gasteiger partial charge >= 0.3 is 0 Å². The van der Waals surface area contributed by atoms with E-state index in [1.54, 1.807) is 6.20 Å². The van der Waals surface area contributed by atoms with Crippen molar-refractivity contribution in [1.29, 1.82) is 0 Å². The number of aliphatic imine (C=N–C) groups is 1. The van der Waals surface area contributed by atoms with E-state index < -0.39 is 0 Å². The maximum Gasteiger partial charge on any atom is 0.0694 e. The van der Waals surface area contributed by atoms with Gasteiger partial charge in [0.05, 0.1) is 5.71 Å². The molecule has 0 bridgehead atoms. The minimum atomic E-state index is 0.771. The molecule has 2 heterocycles. The highest BCUT2D eigenvalue weighted by Crippen LogP contribution is 2.29. The van der Waals surface area contributed by atoms with Crippen molar-refractivity contribution in [1.82, 2.24) is 4.98 Å². The zero-order chi connectivity index (χ0) is 17.8. The molecule has 0 saturated heterocycles. The smallest absolute Gasteiger partial charge is 0.0694 e. The second kappa shape index (κ2) is 7.67. The van der Waals surface area contributed by atoms with Crippen LogP contribution in [0.2, 0.25) is 5.02 Å². The third-order valence-electron chi connectivity index (χ3n) is 4.53. The maximum absolute atomic E-state index is 6.36. The maximum atomic E-state index is 6.36. The Hall–Kier alpha value is -2.71. The van der Waals surface area contributed by atoms with Crippen molar-refractivity contribution in [3.05, 3.63) is 94.8 Å². The van der Waals surface area contributed by atoms with Gasteiger partial charge in [-0.15, -0.1) is 0 Å². The molecular formula is C23H19ClN2. The summed E-state index contributed by atoms with van der Waals surface area (Å²) < 4.78 is 0. The van der Waals surface area contributed by atoms with E-state index in [2.05, 4.69) is 47.5 Å². The Bertz CT molecular complexity index is 974. The van der Waals surface area contributed by atoms with Crippen molar-refractivity contribution in [3.63, 3.8) is 0 Å². The number of allylic oxidation sites excluding steroid dienone is 1. The molecule has 0 radical (unpaired) electrons. The van der Waals surface area contributed by atoms with Crippen LogP contribution in [-0.4, -0.2) is 17.2 Å². The first-order chi connectivity index (χ1) is 12.8. The van der Waals surface area contributed by atoms with Gasteiger partial charge in [-0.3, -0.25) is 9.98 Å². The van der Waals surface area contributed by atoms with Crippen molar-refractivity contribution >= 4 is 23.4 Å². The van der Waals surface area contributed by atoms with E-state index in [9.17, 15) is 0 Å². The predicted octanol–water partition coefficient (Wildman–Crippen LogP) is 6.07. The predicted molar refractivity (Wildman–Crippen MR) is 110 cm³/mol. The second-order valence-corrected chi connectivity index (χ2v) is 6.76. The van der Waals surface area contributed by atoms with Crippen molar-refractivity contribution in [2.45, 2.75) is 12.8 Å². The highest BCUT2D eigenvalue weighted by molar-refractivity contribution is 6.33. The Morgan fingerprint density at radius 1 is 0.923 bits per heavy atom. The molecule has 2 nitrogen and oxygen atoms in total. The molecule has 1 aliphatic rings. The van der Waals surface area contributed by atoms with Crippen LogP contribution in [0.5, 0.6) is 0 Å². The summed E-state index contributed by atoms with van der Waals surface area (Å²) in [7, 11) is 0. The highest BCUT2D eigenvalue weighted by atomic mass is 35.5. The van der Waals surface area contributed by atoms with E-state index in [-0.39, 0.29) is 0 Å². The first-order valence-corrected chi connectivity index (χ1v) is 9.20. The van der Waals surface area contributed by atoms with Crippen LogP contribution in [0.15, 0.2) is 83.6 Å². The number of aromatic nitrogens is 1. The summed E-state index contributed by atoms with van der Waals surface area (Å²) in [5.41, 5.74) is 6.75. The Morgan fingerprint density at radius 3 is 2.65 bits per heavy atom. The van der Waals surface area contributed by atoms with Gasteiger partial charge in [0.25, 0.3) is 0 Å². The third kappa shape index (κ3) is 3.61. The third-order valence-corrected chi connectivity index (χ3v) is 4.86. The van der Waals surface area contributed by atoms with Gasteiger partial charge in [-0.25, -0.2) is 0 Å². The van der Waals surface area contributed by atoms with Crippen LogP contribution in [0.3, 0.4) is 0 Å². The highest BCUT2D eigenvalue weighted by Gasteiger charge is 2.14. The van der Waals surface area contributed by atoms with Crippen LogP contribution in [0, 0.1) is 0 Å². The lowest BCUT2D eigenvalue weighted by molar-refractivity contribution is 0.818. The number of hydrogen-bond donors (Lipinski definition) is 0. The van der Waals surface area contributed by atoms with E-state index in [0.717, 1.165) is 52.4 Å². The summed E-state index contributed by atoms with van der Waals surface area (Å²) in [5.74, 6) is 0. The van der Waals surface area contributed by atoms with Crippen LogP contribution in [0.25, 0.3) is 17.2 Å². The Morgan fingerprint density at radius 2 is 1.81 bits per heavy atom. The average Bonchev–Trinajstić information content (AvgIpc) is 2.70. The van der Waals surface area contributed by atoms with Gasteiger partial charge in [-0.1, -0.05) is 48.0 Å². The lowest BCUT2D eigenvalue weighted by Crippen LogP contribution is -2.11. The number of benzene rings is 2. The molecule has 26 heavy (non-hydrogen) atoms. The van der Waals surface area contributed by atoms with Crippen LogP contribution >= 0.6 is 11.6 Å². The van der Waals surface area contributed by atoms with Gasteiger partial charge in [0.15, 0.2) is 0 Å². The van der Waals surface area contributed by atoms with Gasteiger partial charge in [0.2, 0.25) is 0 Å². The molecule has 0 unspecified atom stereocenters. The van der Waals surface area contributed by atoms with E-state index >= 15 is 0 Å². The number of hydrogen-bond acceptors (Lipinski definition) is 2. The van der Waals surface area contributed by atoms with Gasteiger partial charge in [0.1, 0.15) is 0 Å². The summed E-state index contributed by atoms with van der Waals surface area (Å²) in [6.07, 6.45) is 8.04. The molecule has 0 spiro atoms. The molecule has 0 N–H and O–H groups in total. The molecule has 0 atom stereocenters. The van der Waals surface area contributed by atoms with Gasteiger partial charge in [-0.05, 0) is 59.9 Å². The Labute approximate surface area is 158 Å². The van der Waals surface area contributed by atoms with Crippen LogP contribution in [-0.2, 0) is 0 Å². The summed E-state index contributed by atoms with van der Waals surface area (Å²) in [5, 5.41) is 0.771. The van der Waals surface area contributed by atoms with E-state index in [0.29, 0.717) is 0 Å². The fraction of sp³-hybridized carbons (Fsp3) is 0.130. The van der Waals surface area contributed by atoms with Crippen molar-refractivity contribution < 1.29 is 0 Å². The minimum Gasteiger partial charge on any atom is -0.284 e. The van der Waals surface area contributed by atoms with Gasteiger partial charge in [0, 0.05) is 35.1 Å². The lowest BCUT2D eigenvalue weighted by atomic mass is 9.94. The first-order valence-electron chi connectivity index (χ1n) is 8.82. The molecule has 0 aliphatic carbocycles. The van der Waals surface area contributed by atoms with E-state index in [4.69, 9.17) is 16.6 Å². The Kier molecular flexibility index (Phi) is 4.94. The number of rotatable bonds is 3. The molecule has 128 valence electrons. The number of halogens is 1. The monoisotopic (exact) mass is 358 g/mol. The fourth-order valence-electron chi connectivity index (χ4n) is 3.29.